The molecule has 2 N–H and O–H groups in total. The van der Waals surface area contributed by atoms with Gasteiger partial charge in [-0.05, 0) is 42.8 Å². The third-order valence-electron chi connectivity index (χ3n) is 5.28. The summed E-state index contributed by atoms with van der Waals surface area (Å²) in [6.07, 6.45) is -0.172. The number of ether oxygens (including phenoxy) is 2. The van der Waals surface area contributed by atoms with Crippen molar-refractivity contribution in [2.24, 2.45) is 0 Å². The van der Waals surface area contributed by atoms with Crippen molar-refractivity contribution in [2.75, 3.05) is 18.5 Å². The number of rotatable bonds is 10. The highest BCUT2D eigenvalue weighted by atomic mass is 35.5. The van der Waals surface area contributed by atoms with Crippen LogP contribution in [0.2, 0.25) is 5.02 Å². The average molecular weight is 538 g/mol. The molecule has 4 aromatic rings. The second kappa shape index (κ2) is 12.3. The lowest BCUT2D eigenvalue weighted by atomic mass is 10.0. The van der Waals surface area contributed by atoms with Crippen LogP contribution in [0.3, 0.4) is 0 Å². The lowest BCUT2D eigenvalue weighted by Crippen LogP contribution is -2.31. The quantitative estimate of drug-likeness (QED) is 0.263. The molecule has 0 aliphatic rings. The molecule has 0 saturated heterocycles. The number of hydrogen-bond acceptors (Lipinski definition) is 7. The van der Waals surface area contributed by atoms with Gasteiger partial charge >= 0.3 is 5.97 Å². The molecular formula is C27H24ClN3O5S. The van der Waals surface area contributed by atoms with Gasteiger partial charge in [-0.2, -0.15) is 0 Å². The Morgan fingerprint density at radius 1 is 1.03 bits per heavy atom. The first kappa shape index (κ1) is 26.1. The van der Waals surface area contributed by atoms with Crippen LogP contribution in [0.4, 0.5) is 5.13 Å². The van der Waals surface area contributed by atoms with Gasteiger partial charge in [-0.3, -0.25) is 19.7 Å². The van der Waals surface area contributed by atoms with E-state index in [1.54, 1.807) is 48.5 Å². The zero-order valence-corrected chi connectivity index (χ0v) is 21.5. The first-order valence-corrected chi connectivity index (χ1v) is 12.7. The summed E-state index contributed by atoms with van der Waals surface area (Å²) in [5, 5.41) is 6.17. The van der Waals surface area contributed by atoms with Gasteiger partial charge in [-0.25, -0.2) is 4.98 Å². The van der Waals surface area contributed by atoms with Crippen molar-refractivity contribution in [1.29, 1.82) is 0 Å². The van der Waals surface area contributed by atoms with E-state index < -0.39 is 30.4 Å². The van der Waals surface area contributed by atoms with Crippen LogP contribution in [0.1, 0.15) is 35.3 Å². The Kier molecular flexibility index (Phi) is 8.71. The number of anilines is 1. The fourth-order valence-electron chi connectivity index (χ4n) is 3.56. The van der Waals surface area contributed by atoms with Gasteiger partial charge in [-0.1, -0.05) is 65.4 Å². The Morgan fingerprint density at radius 2 is 1.78 bits per heavy atom. The molecular weight excluding hydrogens is 514 g/mol. The van der Waals surface area contributed by atoms with Crippen LogP contribution in [0.15, 0.2) is 72.8 Å². The number of carbonyl (C=O) groups is 3. The van der Waals surface area contributed by atoms with Crippen LogP contribution in [0.25, 0.3) is 10.2 Å². The Hall–Kier alpha value is -3.95. The van der Waals surface area contributed by atoms with Crippen molar-refractivity contribution in [3.8, 4) is 5.75 Å². The van der Waals surface area contributed by atoms with Gasteiger partial charge in [0.2, 0.25) is 0 Å². The van der Waals surface area contributed by atoms with Crippen molar-refractivity contribution in [2.45, 2.75) is 19.4 Å². The summed E-state index contributed by atoms with van der Waals surface area (Å²) in [6, 6.07) is 20.5. The number of carbonyl (C=O) groups excluding carboxylic acids is 3. The summed E-state index contributed by atoms with van der Waals surface area (Å²) in [5.74, 6) is -0.865. The number of esters is 1. The molecule has 0 unspecified atom stereocenters. The second-order valence-electron chi connectivity index (χ2n) is 7.91. The van der Waals surface area contributed by atoms with Crippen molar-refractivity contribution < 1.29 is 23.9 Å². The van der Waals surface area contributed by atoms with E-state index in [4.69, 9.17) is 21.1 Å². The summed E-state index contributed by atoms with van der Waals surface area (Å²) in [7, 11) is 0. The first-order chi connectivity index (χ1) is 17.9. The maximum absolute atomic E-state index is 12.8. The highest BCUT2D eigenvalue weighted by Crippen LogP contribution is 2.29. The fraction of sp³-hybridized carbons (Fsp3) is 0.185. The molecule has 2 amide bonds. The van der Waals surface area contributed by atoms with Gasteiger partial charge in [0.1, 0.15) is 5.75 Å². The Morgan fingerprint density at radius 3 is 2.54 bits per heavy atom. The van der Waals surface area contributed by atoms with E-state index in [0.29, 0.717) is 27.9 Å². The number of benzene rings is 3. The van der Waals surface area contributed by atoms with Gasteiger partial charge in [-0.15, -0.1) is 0 Å². The largest absolute Gasteiger partial charge is 0.494 e. The maximum atomic E-state index is 12.8. The van der Waals surface area contributed by atoms with E-state index in [-0.39, 0.29) is 6.42 Å². The monoisotopic (exact) mass is 537 g/mol. The standard InChI is InChI=1S/C27H24ClN3O5S/c1-2-35-18-12-13-21-23(14-18)37-27(30-21)31-24(32)16-36-25(33)15-22(17-8-4-3-5-9-17)29-26(34)19-10-6-7-11-20(19)28/h3-14,22H,2,15-16H2,1H3,(H,29,34)(H,30,31,32)/t22-/m1/s1. The van der Waals surface area contributed by atoms with Crippen molar-refractivity contribution in [1.82, 2.24) is 10.3 Å². The summed E-state index contributed by atoms with van der Waals surface area (Å²) in [4.78, 5) is 42.2. The molecule has 0 saturated carbocycles. The van der Waals surface area contributed by atoms with E-state index in [1.807, 2.05) is 31.2 Å². The summed E-state index contributed by atoms with van der Waals surface area (Å²) in [6.45, 7) is 1.96. The molecule has 3 aromatic carbocycles. The van der Waals surface area contributed by atoms with Crippen LogP contribution < -0.4 is 15.4 Å². The molecule has 0 fully saturated rings. The highest BCUT2D eigenvalue weighted by molar-refractivity contribution is 7.22. The Balaban J connectivity index is 1.35. The van der Waals surface area contributed by atoms with Crippen molar-refractivity contribution in [3.63, 3.8) is 0 Å². The molecule has 0 aliphatic carbocycles. The van der Waals surface area contributed by atoms with Gasteiger partial charge < -0.3 is 14.8 Å². The van der Waals surface area contributed by atoms with Crippen LogP contribution in [0.5, 0.6) is 5.75 Å². The summed E-state index contributed by atoms with van der Waals surface area (Å²) >= 11 is 7.44. The highest BCUT2D eigenvalue weighted by Gasteiger charge is 2.22. The number of nitrogens with one attached hydrogen (secondary N) is 2. The summed E-state index contributed by atoms with van der Waals surface area (Å²) < 4.78 is 11.5. The van der Waals surface area contributed by atoms with Gasteiger partial charge in [0.05, 0.1) is 39.9 Å². The van der Waals surface area contributed by atoms with Crippen LogP contribution in [-0.4, -0.2) is 36.0 Å². The van der Waals surface area contributed by atoms with Crippen LogP contribution in [0, 0.1) is 0 Å². The molecule has 1 aromatic heterocycles. The van der Waals surface area contributed by atoms with E-state index in [2.05, 4.69) is 15.6 Å². The normalized spacial score (nSPS) is 11.5. The molecule has 0 bridgehead atoms. The van der Waals surface area contributed by atoms with E-state index in [0.717, 1.165) is 16.0 Å². The first-order valence-electron chi connectivity index (χ1n) is 11.5. The molecule has 8 nitrogen and oxygen atoms in total. The SMILES string of the molecule is CCOc1ccc2nc(NC(=O)COC(=O)C[C@@H](NC(=O)c3ccccc3Cl)c3ccccc3)sc2c1. The van der Waals surface area contributed by atoms with E-state index in [9.17, 15) is 14.4 Å². The molecule has 37 heavy (non-hydrogen) atoms. The number of aromatic nitrogens is 1. The average Bonchev–Trinajstić information content (AvgIpc) is 3.29. The Bertz CT molecular complexity index is 1410. The minimum Gasteiger partial charge on any atom is -0.494 e. The lowest BCUT2D eigenvalue weighted by Gasteiger charge is -2.19. The molecule has 1 heterocycles. The molecule has 190 valence electrons. The van der Waals surface area contributed by atoms with E-state index >= 15 is 0 Å². The van der Waals surface area contributed by atoms with Gasteiger partial charge in [0, 0.05) is 0 Å². The molecule has 0 spiro atoms. The third-order valence-corrected chi connectivity index (χ3v) is 6.54. The molecule has 0 aliphatic heterocycles. The fourth-order valence-corrected chi connectivity index (χ4v) is 4.69. The lowest BCUT2D eigenvalue weighted by molar-refractivity contribution is -0.147. The maximum Gasteiger partial charge on any atom is 0.308 e. The molecule has 4 rings (SSSR count). The smallest absolute Gasteiger partial charge is 0.308 e. The van der Waals surface area contributed by atoms with Crippen molar-refractivity contribution in [3.05, 3.63) is 88.9 Å². The number of thiazole rings is 1. The van der Waals surface area contributed by atoms with Crippen LogP contribution in [-0.2, 0) is 14.3 Å². The van der Waals surface area contributed by atoms with Crippen molar-refractivity contribution >= 4 is 56.1 Å². The molecule has 0 radical (unpaired) electrons. The Labute approximate surface area is 222 Å². The zero-order chi connectivity index (χ0) is 26.2. The van der Waals surface area contributed by atoms with Crippen LogP contribution >= 0.6 is 22.9 Å². The van der Waals surface area contributed by atoms with Gasteiger partial charge in [0.15, 0.2) is 11.7 Å². The molecule has 10 heteroatoms. The minimum absolute atomic E-state index is 0.172. The number of halogens is 1. The predicted molar refractivity (Wildman–Crippen MR) is 143 cm³/mol. The topological polar surface area (TPSA) is 107 Å². The number of fused-ring (bicyclic) bond motifs is 1. The second-order valence-corrected chi connectivity index (χ2v) is 9.35. The predicted octanol–water partition coefficient (Wildman–Crippen LogP) is 5.39. The molecule has 1 atom stereocenters. The third kappa shape index (κ3) is 7.05. The number of amides is 2. The summed E-state index contributed by atoms with van der Waals surface area (Å²) in [5.41, 5.74) is 1.73. The number of hydrogen-bond donors (Lipinski definition) is 2. The van der Waals surface area contributed by atoms with Gasteiger partial charge in [0.25, 0.3) is 11.8 Å². The van der Waals surface area contributed by atoms with E-state index in [1.165, 1.54) is 11.3 Å². The number of nitrogens with zero attached hydrogens (tertiary/aromatic N) is 1. The zero-order valence-electron chi connectivity index (χ0n) is 19.9. The minimum atomic E-state index is -0.677.